The molecule has 0 saturated carbocycles. The first-order valence-corrected chi connectivity index (χ1v) is 7.30. The Labute approximate surface area is 129 Å². The molecule has 0 aliphatic heterocycles. The molecule has 2 rings (SSSR count). The first-order chi connectivity index (χ1) is 10.7. The highest BCUT2D eigenvalue weighted by molar-refractivity contribution is 5.73. The van der Waals surface area contributed by atoms with Crippen molar-refractivity contribution in [2.24, 2.45) is 0 Å². The van der Waals surface area contributed by atoms with Gasteiger partial charge in [0.05, 0.1) is 6.33 Å². The van der Waals surface area contributed by atoms with E-state index < -0.39 is 0 Å². The summed E-state index contributed by atoms with van der Waals surface area (Å²) in [7, 11) is 0. The van der Waals surface area contributed by atoms with Crippen LogP contribution in [-0.4, -0.2) is 22.1 Å². The van der Waals surface area contributed by atoms with Gasteiger partial charge in [-0.2, -0.15) is 0 Å². The molecule has 22 heavy (non-hydrogen) atoms. The molecule has 2 aromatic rings. The fourth-order valence-corrected chi connectivity index (χ4v) is 1.96. The van der Waals surface area contributed by atoms with Crippen LogP contribution in [0.15, 0.2) is 47.5 Å². The van der Waals surface area contributed by atoms with Gasteiger partial charge in [0.15, 0.2) is 0 Å². The molecule has 0 saturated heterocycles. The van der Waals surface area contributed by atoms with Gasteiger partial charge in [0, 0.05) is 31.4 Å². The number of nitrogens with zero attached hydrogens (tertiary/aromatic N) is 2. The van der Waals surface area contributed by atoms with E-state index in [4.69, 9.17) is 0 Å². The van der Waals surface area contributed by atoms with Gasteiger partial charge >= 0.3 is 6.03 Å². The molecule has 116 valence electrons. The van der Waals surface area contributed by atoms with Crippen LogP contribution in [0.1, 0.15) is 18.2 Å². The largest absolute Gasteiger partial charge is 0.336 e. The van der Waals surface area contributed by atoms with Gasteiger partial charge < -0.3 is 10.6 Å². The Balaban J connectivity index is 1.74. The lowest BCUT2D eigenvalue weighted by atomic mass is 10.2. The molecule has 0 spiro atoms. The third kappa shape index (κ3) is 4.73. The highest BCUT2D eigenvalue weighted by Crippen LogP contribution is 1.96. The first kappa shape index (κ1) is 15.8. The molecule has 2 N–H and O–H groups in total. The van der Waals surface area contributed by atoms with Gasteiger partial charge in [0.25, 0.3) is 5.56 Å². The number of carbonyl (C=O) groups is 1. The minimum absolute atomic E-state index is 0.0988. The van der Waals surface area contributed by atoms with Crippen LogP contribution < -0.4 is 16.2 Å². The van der Waals surface area contributed by atoms with Crippen LogP contribution in [0, 0.1) is 0 Å². The van der Waals surface area contributed by atoms with Gasteiger partial charge in [-0.3, -0.25) is 9.36 Å². The summed E-state index contributed by atoms with van der Waals surface area (Å²) in [6.45, 7) is 3.19. The molecule has 1 heterocycles. The van der Waals surface area contributed by atoms with E-state index in [1.165, 1.54) is 17.0 Å². The minimum atomic E-state index is -0.255. The molecular weight excluding hydrogens is 280 g/mol. The maximum absolute atomic E-state index is 11.8. The van der Waals surface area contributed by atoms with Gasteiger partial charge in [-0.05, 0) is 12.0 Å². The van der Waals surface area contributed by atoms with Crippen molar-refractivity contribution in [2.45, 2.75) is 26.4 Å². The molecule has 0 bridgehead atoms. The number of aryl methyl sites for hydroxylation is 1. The first-order valence-electron chi connectivity index (χ1n) is 7.30. The number of urea groups is 1. The van der Waals surface area contributed by atoms with Crippen LogP contribution >= 0.6 is 0 Å². The van der Waals surface area contributed by atoms with Crippen molar-refractivity contribution in [2.75, 3.05) is 6.54 Å². The van der Waals surface area contributed by atoms with Crippen molar-refractivity contribution in [3.63, 3.8) is 0 Å². The molecule has 0 fully saturated rings. The van der Waals surface area contributed by atoms with E-state index in [1.54, 1.807) is 0 Å². The number of carbonyl (C=O) groups excluding carboxylic acids is 1. The van der Waals surface area contributed by atoms with Gasteiger partial charge in [0.1, 0.15) is 0 Å². The molecule has 6 nitrogen and oxygen atoms in total. The van der Waals surface area contributed by atoms with E-state index in [2.05, 4.69) is 15.6 Å². The molecule has 0 atom stereocenters. The molecule has 6 heteroatoms. The van der Waals surface area contributed by atoms with E-state index in [-0.39, 0.29) is 11.6 Å². The second-order valence-electron chi connectivity index (χ2n) is 4.86. The highest BCUT2D eigenvalue weighted by Gasteiger charge is 2.02. The molecule has 1 aromatic carbocycles. The van der Waals surface area contributed by atoms with Crippen molar-refractivity contribution >= 4 is 6.03 Å². The SMILES string of the molecule is CCc1cc(=O)n(CCNC(=O)NCc2ccccc2)cn1. The molecular formula is C16H20N4O2. The maximum atomic E-state index is 11.8. The number of rotatable bonds is 6. The van der Waals surface area contributed by atoms with Crippen LogP contribution in [0.2, 0.25) is 0 Å². The fraction of sp³-hybridized carbons (Fsp3) is 0.312. The number of hydrogen-bond donors (Lipinski definition) is 2. The van der Waals surface area contributed by atoms with Crippen LogP contribution in [0.25, 0.3) is 0 Å². The molecule has 2 amide bonds. The summed E-state index contributed by atoms with van der Waals surface area (Å²) >= 11 is 0. The van der Waals surface area contributed by atoms with Gasteiger partial charge in [-0.1, -0.05) is 37.3 Å². The van der Waals surface area contributed by atoms with E-state index in [1.807, 2.05) is 37.3 Å². The predicted molar refractivity (Wildman–Crippen MR) is 84.6 cm³/mol. The van der Waals surface area contributed by atoms with Crippen molar-refractivity contribution < 1.29 is 4.79 Å². The average molecular weight is 300 g/mol. The molecule has 0 radical (unpaired) electrons. The monoisotopic (exact) mass is 300 g/mol. The Morgan fingerprint density at radius 1 is 1.23 bits per heavy atom. The molecule has 0 aliphatic carbocycles. The average Bonchev–Trinajstić information content (AvgIpc) is 2.55. The van der Waals surface area contributed by atoms with Crippen molar-refractivity contribution in [3.8, 4) is 0 Å². The Morgan fingerprint density at radius 2 is 2.00 bits per heavy atom. The van der Waals surface area contributed by atoms with Gasteiger partial charge in [-0.15, -0.1) is 0 Å². The lowest BCUT2D eigenvalue weighted by molar-refractivity contribution is 0.240. The van der Waals surface area contributed by atoms with E-state index in [9.17, 15) is 9.59 Å². The summed E-state index contributed by atoms with van der Waals surface area (Å²) in [5.74, 6) is 0. The second-order valence-corrected chi connectivity index (χ2v) is 4.86. The highest BCUT2D eigenvalue weighted by atomic mass is 16.2. The van der Waals surface area contributed by atoms with Gasteiger partial charge in [0.2, 0.25) is 0 Å². The van der Waals surface area contributed by atoms with Crippen LogP contribution in [-0.2, 0) is 19.5 Å². The van der Waals surface area contributed by atoms with Gasteiger partial charge in [-0.25, -0.2) is 9.78 Å². The molecule has 0 aliphatic rings. The summed E-state index contributed by atoms with van der Waals surface area (Å²) in [5, 5.41) is 5.48. The zero-order chi connectivity index (χ0) is 15.8. The minimum Gasteiger partial charge on any atom is -0.336 e. The van der Waals surface area contributed by atoms with E-state index in [0.29, 0.717) is 19.6 Å². The Morgan fingerprint density at radius 3 is 2.68 bits per heavy atom. The summed E-state index contributed by atoms with van der Waals surface area (Å²) < 4.78 is 1.48. The number of amides is 2. The standard InChI is InChI=1S/C16H20N4O2/c1-2-14-10-15(21)20(12-19-14)9-8-17-16(22)18-11-13-6-4-3-5-7-13/h3-7,10,12H,2,8-9,11H2,1H3,(H2,17,18,22). The molecule has 1 aromatic heterocycles. The lowest BCUT2D eigenvalue weighted by Crippen LogP contribution is -2.38. The smallest absolute Gasteiger partial charge is 0.315 e. The Bertz CT molecular complexity index is 667. The summed E-state index contributed by atoms with van der Waals surface area (Å²) in [4.78, 5) is 27.6. The predicted octanol–water partition coefficient (Wildman–Crippen LogP) is 1.31. The van der Waals surface area contributed by atoms with Crippen molar-refractivity contribution in [3.05, 3.63) is 64.3 Å². The summed E-state index contributed by atoms with van der Waals surface area (Å²) in [6.07, 6.45) is 2.25. The van der Waals surface area contributed by atoms with E-state index in [0.717, 1.165) is 17.7 Å². The third-order valence-electron chi connectivity index (χ3n) is 3.23. The Hall–Kier alpha value is -2.63. The number of benzene rings is 1. The topological polar surface area (TPSA) is 76.0 Å². The van der Waals surface area contributed by atoms with Crippen molar-refractivity contribution in [1.82, 2.24) is 20.2 Å². The van der Waals surface area contributed by atoms with Crippen molar-refractivity contribution in [1.29, 1.82) is 0 Å². The second kappa shape index (κ2) is 7.97. The zero-order valence-electron chi connectivity index (χ0n) is 12.6. The summed E-state index contributed by atoms with van der Waals surface area (Å²) in [6, 6.07) is 10.9. The number of hydrogen-bond acceptors (Lipinski definition) is 3. The Kier molecular flexibility index (Phi) is 5.71. The van der Waals surface area contributed by atoms with Crippen LogP contribution in [0.5, 0.6) is 0 Å². The summed E-state index contributed by atoms with van der Waals surface area (Å²) in [5.41, 5.74) is 1.71. The zero-order valence-corrected chi connectivity index (χ0v) is 12.6. The third-order valence-corrected chi connectivity index (χ3v) is 3.23. The number of aromatic nitrogens is 2. The number of nitrogens with one attached hydrogen (secondary N) is 2. The lowest BCUT2D eigenvalue weighted by Gasteiger charge is -2.09. The van der Waals surface area contributed by atoms with E-state index >= 15 is 0 Å². The van der Waals surface area contributed by atoms with Crippen LogP contribution in [0.4, 0.5) is 4.79 Å². The quantitative estimate of drug-likeness (QED) is 0.844. The maximum Gasteiger partial charge on any atom is 0.315 e. The normalized spacial score (nSPS) is 10.2. The van der Waals surface area contributed by atoms with Crippen LogP contribution in [0.3, 0.4) is 0 Å². The fourth-order valence-electron chi connectivity index (χ4n) is 1.96. The molecule has 0 unspecified atom stereocenters.